The van der Waals surface area contributed by atoms with Crippen LogP contribution in [0.1, 0.15) is 42.5 Å². The van der Waals surface area contributed by atoms with Crippen molar-refractivity contribution < 1.29 is 27.4 Å². The van der Waals surface area contributed by atoms with Gasteiger partial charge in [0.25, 0.3) is 10.0 Å². The second kappa shape index (κ2) is 10.8. The Hall–Kier alpha value is -2.62. The standard InChI is InChI=1S/C25H32N2O6S/c1-31-23-12-11-22(16-24(23)32-2)34(29,30)26-27-14-13-18(17-27)4-3-15-33-21-9-7-20(8-10-21)25(28)19-5-6-19/h7-12,16,18-19,26H,3-6,13-15,17H2,1-2H3/t18-/m1/s1. The van der Waals surface area contributed by atoms with E-state index in [1.165, 1.54) is 26.4 Å². The van der Waals surface area contributed by atoms with Crippen LogP contribution in [0.2, 0.25) is 0 Å². The van der Waals surface area contributed by atoms with Crippen LogP contribution >= 0.6 is 0 Å². The van der Waals surface area contributed by atoms with Crippen LogP contribution < -0.4 is 19.0 Å². The molecule has 0 unspecified atom stereocenters. The van der Waals surface area contributed by atoms with Crippen LogP contribution in [0, 0.1) is 11.8 Å². The largest absolute Gasteiger partial charge is 0.494 e. The van der Waals surface area contributed by atoms with Gasteiger partial charge in [-0.25, -0.2) is 13.4 Å². The molecule has 1 aliphatic carbocycles. The smallest absolute Gasteiger partial charge is 0.253 e. The lowest BCUT2D eigenvalue weighted by atomic mass is 10.0. The van der Waals surface area contributed by atoms with Crippen molar-refractivity contribution in [3.63, 3.8) is 0 Å². The van der Waals surface area contributed by atoms with Crippen LogP contribution in [-0.4, -0.2) is 53.1 Å². The molecule has 1 atom stereocenters. The third kappa shape index (κ3) is 6.08. The summed E-state index contributed by atoms with van der Waals surface area (Å²) in [5.41, 5.74) is 0.761. The molecule has 0 amide bonds. The lowest BCUT2D eigenvalue weighted by Gasteiger charge is -2.18. The summed E-state index contributed by atoms with van der Waals surface area (Å²) in [6.07, 6.45) is 4.77. The van der Waals surface area contributed by atoms with Gasteiger partial charge in [0.2, 0.25) is 0 Å². The van der Waals surface area contributed by atoms with Crippen molar-refractivity contribution in [2.75, 3.05) is 33.9 Å². The average Bonchev–Trinajstić information content (AvgIpc) is 3.61. The zero-order valence-electron chi connectivity index (χ0n) is 19.7. The molecule has 1 saturated carbocycles. The molecule has 2 aromatic rings. The first-order valence-electron chi connectivity index (χ1n) is 11.7. The van der Waals surface area contributed by atoms with Gasteiger partial charge in [0.1, 0.15) is 5.75 Å². The lowest BCUT2D eigenvalue weighted by molar-refractivity contribution is 0.0967. The van der Waals surface area contributed by atoms with Gasteiger partial charge in [0.15, 0.2) is 17.3 Å². The molecule has 0 radical (unpaired) electrons. The van der Waals surface area contributed by atoms with Gasteiger partial charge >= 0.3 is 0 Å². The Balaban J connectivity index is 1.20. The Morgan fingerprint density at radius 3 is 2.44 bits per heavy atom. The summed E-state index contributed by atoms with van der Waals surface area (Å²) in [5.74, 6) is 2.47. The van der Waals surface area contributed by atoms with Gasteiger partial charge in [0, 0.05) is 30.6 Å². The molecule has 2 aromatic carbocycles. The summed E-state index contributed by atoms with van der Waals surface area (Å²) >= 11 is 0. The maximum Gasteiger partial charge on any atom is 0.253 e. The molecule has 0 aromatic heterocycles. The van der Waals surface area contributed by atoms with Crippen LogP contribution in [0.5, 0.6) is 17.2 Å². The molecule has 1 heterocycles. The van der Waals surface area contributed by atoms with Crippen molar-refractivity contribution in [1.29, 1.82) is 0 Å². The Labute approximate surface area is 201 Å². The third-order valence-electron chi connectivity index (χ3n) is 6.31. The number of nitrogens with one attached hydrogen (secondary N) is 1. The quantitative estimate of drug-likeness (QED) is 0.360. The third-order valence-corrected chi connectivity index (χ3v) is 7.69. The van der Waals surface area contributed by atoms with Crippen molar-refractivity contribution >= 4 is 15.8 Å². The van der Waals surface area contributed by atoms with Crippen LogP contribution in [0.4, 0.5) is 0 Å². The lowest BCUT2D eigenvalue weighted by Crippen LogP contribution is -2.40. The van der Waals surface area contributed by atoms with Gasteiger partial charge in [-0.2, -0.15) is 0 Å². The minimum absolute atomic E-state index is 0.131. The average molecular weight is 489 g/mol. The summed E-state index contributed by atoms with van der Waals surface area (Å²) in [5, 5.41) is 1.76. The fraction of sp³-hybridized carbons (Fsp3) is 0.480. The number of carbonyl (C=O) groups is 1. The number of benzene rings is 2. The van der Waals surface area contributed by atoms with E-state index in [9.17, 15) is 13.2 Å². The first-order valence-corrected chi connectivity index (χ1v) is 13.1. The van der Waals surface area contributed by atoms with Crippen molar-refractivity contribution in [2.24, 2.45) is 11.8 Å². The molecule has 0 bridgehead atoms. The van der Waals surface area contributed by atoms with E-state index in [1.54, 1.807) is 11.1 Å². The van der Waals surface area contributed by atoms with E-state index in [4.69, 9.17) is 14.2 Å². The van der Waals surface area contributed by atoms with Gasteiger partial charge in [0.05, 0.1) is 25.7 Å². The Morgan fingerprint density at radius 2 is 1.76 bits per heavy atom. The number of sulfonamides is 1. The van der Waals surface area contributed by atoms with Crippen molar-refractivity contribution in [2.45, 2.75) is 37.0 Å². The molecule has 9 heteroatoms. The highest BCUT2D eigenvalue weighted by Crippen LogP contribution is 2.33. The molecular weight excluding hydrogens is 456 g/mol. The number of hydrogen-bond donors (Lipinski definition) is 1. The second-order valence-electron chi connectivity index (χ2n) is 8.87. The van der Waals surface area contributed by atoms with Gasteiger partial charge in [-0.15, -0.1) is 4.83 Å². The highest BCUT2D eigenvalue weighted by atomic mass is 32.2. The van der Waals surface area contributed by atoms with Gasteiger partial charge in [-0.1, -0.05) is 0 Å². The number of nitrogens with zero attached hydrogens (tertiary/aromatic N) is 1. The SMILES string of the molecule is COc1ccc(S(=O)(=O)NN2CC[C@@H](CCCOc3ccc(C(=O)C4CC4)cc3)C2)cc1OC. The number of carbonyl (C=O) groups excluding carboxylic acids is 1. The zero-order valence-corrected chi connectivity index (χ0v) is 20.5. The molecular formula is C25H32N2O6S. The minimum atomic E-state index is -3.71. The number of ether oxygens (including phenoxy) is 3. The van der Waals surface area contributed by atoms with Gasteiger partial charge in [-0.05, 0) is 74.4 Å². The molecule has 184 valence electrons. The molecule has 2 aliphatic rings. The molecule has 0 spiro atoms. The predicted molar refractivity (Wildman–Crippen MR) is 128 cm³/mol. The summed E-state index contributed by atoms with van der Waals surface area (Å²) in [6, 6.07) is 11.9. The Morgan fingerprint density at radius 1 is 1.03 bits per heavy atom. The van der Waals surface area contributed by atoms with Crippen LogP contribution in [0.25, 0.3) is 0 Å². The first-order chi connectivity index (χ1) is 16.4. The second-order valence-corrected chi connectivity index (χ2v) is 10.5. The highest BCUT2D eigenvalue weighted by molar-refractivity contribution is 7.89. The fourth-order valence-electron chi connectivity index (χ4n) is 4.22. The van der Waals surface area contributed by atoms with Crippen molar-refractivity contribution in [3.05, 3.63) is 48.0 Å². The van der Waals surface area contributed by atoms with E-state index in [0.717, 1.165) is 43.4 Å². The summed E-state index contributed by atoms with van der Waals surface area (Å²) in [4.78, 5) is 14.9. The van der Waals surface area contributed by atoms with E-state index in [-0.39, 0.29) is 16.6 Å². The number of ketones is 1. The van der Waals surface area contributed by atoms with Crippen LogP contribution in [-0.2, 0) is 10.0 Å². The number of rotatable bonds is 12. The van der Waals surface area contributed by atoms with Gasteiger partial charge < -0.3 is 14.2 Å². The number of hydrazine groups is 1. The van der Waals surface area contributed by atoms with E-state index in [2.05, 4.69) is 4.83 Å². The summed E-state index contributed by atoms with van der Waals surface area (Å²) in [6.45, 7) is 1.91. The Bertz CT molecular complexity index is 1100. The highest BCUT2D eigenvalue weighted by Gasteiger charge is 2.30. The maximum absolute atomic E-state index is 12.8. The number of methoxy groups -OCH3 is 2. The van der Waals surface area contributed by atoms with Crippen LogP contribution in [0.15, 0.2) is 47.4 Å². The molecule has 1 aliphatic heterocycles. The van der Waals surface area contributed by atoms with Gasteiger partial charge in [-0.3, -0.25) is 4.79 Å². The molecule has 2 fully saturated rings. The van der Waals surface area contributed by atoms with Crippen molar-refractivity contribution in [3.8, 4) is 17.2 Å². The normalized spacial score (nSPS) is 18.6. The first kappa shape index (κ1) is 24.5. The molecule has 4 rings (SSSR count). The van der Waals surface area contributed by atoms with E-state index in [0.29, 0.717) is 37.1 Å². The van der Waals surface area contributed by atoms with Crippen molar-refractivity contribution in [1.82, 2.24) is 9.84 Å². The van der Waals surface area contributed by atoms with Crippen LogP contribution in [0.3, 0.4) is 0 Å². The Kier molecular flexibility index (Phi) is 7.75. The predicted octanol–water partition coefficient (Wildman–Crippen LogP) is 3.67. The van der Waals surface area contributed by atoms with E-state index >= 15 is 0 Å². The summed E-state index contributed by atoms with van der Waals surface area (Å²) < 4.78 is 41.8. The monoisotopic (exact) mass is 488 g/mol. The fourth-order valence-corrected chi connectivity index (χ4v) is 5.34. The molecule has 1 N–H and O–H groups in total. The maximum atomic E-state index is 12.8. The zero-order chi connectivity index (χ0) is 24.1. The summed E-state index contributed by atoms with van der Waals surface area (Å²) in [7, 11) is -0.724. The van der Waals surface area contributed by atoms with E-state index < -0.39 is 10.0 Å². The minimum Gasteiger partial charge on any atom is -0.494 e. The number of Topliss-reactive ketones (excluding diaryl/α,β-unsaturated/α-hetero) is 1. The van der Waals surface area contributed by atoms with E-state index in [1.807, 2.05) is 24.3 Å². The molecule has 34 heavy (non-hydrogen) atoms. The molecule has 8 nitrogen and oxygen atoms in total. The molecule has 1 saturated heterocycles. The number of hydrogen-bond acceptors (Lipinski definition) is 7. The topological polar surface area (TPSA) is 94.2 Å².